The van der Waals surface area contributed by atoms with Gasteiger partial charge in [-0.15, -0.1) is 0 Å². The minimum atomic E-state index is -0.404. The van der Waals surface area contributed by atoms with E-state index in [0.717, 1.165) is 22.3 Å². The molecule has 202 valence electrons. The Balaban J connectivity index is 1.41. The minimum absolute atomic E-state index is 0.0368. The van der Waals surface area contributed by atoms with Crippen LogP contribution in [0.1, 0.15) is 35.1 Å². The van der Waals surface area contributed by atoms with E-state index in [9.17, 15) is 9.59 Å². The summed E-state index contributed by atoms with van der Waals surface area (Å²) in [4.78, 5) is 32.4. The first-order valence-corrected chi connectivity index (χ1v) is 14.1. The predicted octanol–water partition coefficient (Wildman–Crippen LogP) is 7.03. The summed E-state index contributed by atoms with van der Waals surface area (Å²) >= 11 is 0. The largest absolute Gasteiger partial charge is 0.334 e. The molecule has 0 fully saturated rings. The first-order valence-electron chi connectivity index (χ1n) is 14.1. The molecule has 40 heavy (non-hydrogen) atoms. The van der Waals surface area contributed by atoms with Gasteiger partial charge in [-0.3, -0.25) is 9.59 Å². The molecule has 4 nitrogen and oxygen atoms in total. The molecule has 2 unspecified atom stereocenters. The summed E-state index contributed by atoms with van der Waals surface area (Å²) in [5, 5.41) is 0. The number of carbonyl (C=O) groups is 2. The quantitative estimate of drug-likeness (QED) is 0.207. The van der Waals surface area contributed by atoms with Crippen LogP contribution in [-0.4, -0.2) is 21.6 Å². The van der Waals surface area contributed by atoms with Crippen molar-refractivity contribution >= 4 is 11.8 Å². The molecular weight excluding hydrogens is 492 g/mol. The van der Waals surface area contributed by atoms with Crippen LogP contribution < -0.4 is 0 Å². The van der Waals surface area contributed by atoms with Crippen LogP contribution >= 0.6 is 0 Å². The molecule has 2 atom stereocenters. The molecule has 0 bridgehead atoms. The highest BCUT2D eigenvalue weighted by Gasteiger charge is 2.38. The predicted molar refractivity (Wildman–Crippen MR) is 160 cm³/mol. The Kier molecular flexibility index (Phi) is 9.21. The highest BCUT2D eigenvalue weighted by molar-refractivity contribution is 5.88. The van der Waals surface area contributed by atoms with Gasteiger partial charge in [-0.1, -0.05) is 133 Å². The topological polar surface area (TPSA) is 40.6 Å². The van der Waals surface area contributed by atoms with Gasteiger partial charge in [0.1, 0.15) is 0 Å². The molecule has 0 heterocycles. The molecule has 1 aliphatic carbocycles. The van der Waals surface area contributed by atoms with Crippen molar-refractivity contribution in [2.24, 2.45) is 11.8 Å². The Bertz CT molecular complexity index is 1200. The van der Waals surface area contributed by atoms with Gasteiger partial charge in [-0.05, 0) is 35.1 Å². The summed E-state index contributed by atoms with van der Waals surface area (Å²) in [7, 11) is 0. The molecule has 0 aliphatic heterocycles. The molecule has 5 rings (SSSR count). The highest BCUT2D eigenvalue weighted by atomic mass is 16.2. The zero-order valence-corrected chi connectivity index (χ0v) is 22.8. The van der Waals surface area contributed by atoms with Crippen molar-refractivity contribution in [3.8, 4) is 0 Å². The summed E-state index contributed by atoms with van der Waals surface area (Å²) in [5.74, 6) is -0.734. The fourth-order valence-corrected chi connectivity index (χ4v) is 5.47. The van der Waals surface area contributed by atoms with E-state index in [4.69, 9.17) is 0 Å². The van der Waals surface area contributed by atoms with Crippen molar-refractivity contribution in [1.82, 2.24) is 9.80 Å². The molecule has 2 amide bonds. The molecule has 0 N–H and O–H groups in total. The summed E-state index contributed by atoms with van der Waals surface area (Å²) in [5.41, 5.74) is 4.32. The van der Waals surface area contributed by atoms with E-state index in [2.05, 4.69) is 60.7 Å². The summed E-state index contributed by atoms with van der Waals surface area (Å²) in [6.45, 7) is 2.03. The van der Waals surface area contributed by atoms with Crippen molar-refractivity contribution in [3.05, 3.63) is 156 Å². The molecule has 4 aromatic carbocycles. The number of amides is 2. The first kappa shape index (κ1) is 27.1. The van der Waals surface area contributed by atoms with E-state index in [0.29, 0.717) is 39.0 Å². The Labute approximate surface area is 237 Å². The zero-order valence-electron chi connectivity index (χ0n) is 22.8. The lowest BCUT2D eigenvalue weighted by atomic mass is 9.80. The molecule has 1 aliphatic rings. The minimum Gasteiger partial charge on any atom is -0.334 e. The van der Waals surface area contributed by atoms with Gasteiger partial charge < -0.3 is 9.80 Å². The Morgan fingerprint density at radius 3 is 0.950 bits per heavy atom. The Morgan fingerprint density at radius 2 is 0.700 bits per heavy atom. The van der Waals surface area contributed by atoms with Crippen molar-refractivity contribution in [1.29, 1.82) is 0 Å². The number of carbonyl (C=O) groups excluding carboxylic acids is 2. The number of rotatable bonds is 10. The summed E-state index contributed by atoms with van der Waals surface area (Å²) in [6, 6.07) is 40.4. The van der Waals surface area contributed by atoms with E-state index >= 15 is 0 Å². The average molecular weight is 529 g/mol. The van der Waals surface area contributed by atoms with Crippen molar-refractivity contribution in [2.75, 3.05) is 0 Å². The van der Waals surface area contributed by atoms with E-state index in [1.54, 1.807) is 0 Å². The number of benzene rings is 4. The van der Waals surface area contributed by atoms with Crippen molar-refractivity contribution < 1.29 is 9.59 Å². The van der Waals surface area contributed by atoms with Gasteiger partial charge in [0.15, 0.2) is 0 Å². The SMILES string of the molecule is O=C(C1CC=CCC1C(=O)N(Cc1ccccc1)Cc1ccccc1)N(Cc1ccccc1)Cc1ccccc1. The molecule has 0 saturated heterocycles. The lowest BCUT2D eigenvalue weighted by Crippen LogP contribution is -2.45. The van der Waals surface area contributed by atoms with Crippen LogP contribution in [-0.2, 0) is 35.8 Å². The molecule has 4 heteroatoms. The van der Waals surface area contributed by atoms with Gasteiger partial charge in [-0.2, -0.15) is 0 Å². The zero-order chi connectivity index (χ0) is 27.6. The van der Waals surface area contributed by atoms with E-state index in [-0.39, 0.29) is 11.8 Å². The third-order valence-corrected chi connectivity index (χ3v) is 7.56. The van der Waals surface area contributed by atoms with Crippen LogP contribution in [0.2, 0.25) is 0 Å². The fourth-order valence-electron chi connectivity index (χ4n) is 5.47. The van der Waals surface area contributed by atoms with Gasteiger partial charge in [-0.25, -0.2) is 0 Å². The van der Waals surface area contributed by atoms with Crippen LogP contribution in [0, 0.1) is 11.8 Å². The molecule has 4 aromatic rings. The Morgan fingerprint density at radius 1 is 0.450 bits per heavy atom. The second kappa shape index (κ2) is 13.6. The molecule has 0 aromatic heterocycles. The van der Waals surface area contributed by atoms with Crippen LogP contribution in [0.4, 0.5) is 0 Å². The second-order valence-electron chi connectivity index (χ2n) is 10.5. The van der Waals surface area contributed by atoms with Gasteiger partial charge in [0.25, 0.3) is 0 Å². The summed E-state index contributed by atoms with van der Waals surface area (Å²) in [6.07, 6.45) is 5.27. The van der Waals surface area contributed by atoms with Gasteiger partial charge >= 0.3 is 0 Å². The standard InChI is InChI=1S/C36H36N2O2/c39-35(37(25-29-15-5-1-6-16-29)26-30-17-7-2-8-18-30)33-23-13-14-24-34(33)36(40)38(27-31-19-9-3-10-20-31)28-32-21-11-4-12-22-32/h1-22,33-34H,23-28H2. The maximum Gasteiger partial charge on any atom is 0.227 e. The van der Waals surface area contributed by atoms with Gasteiger partial charge in [0.2, 0.25) is 11.8 Å². The molecule has 0 saturated carbocycles. The molecule has 0 spiro atoms. The fraction of sp³-hybridized carbons (Fsp3) is 0.222. The number of nitrogens with zero attached hydrogens (tertiary/aromatic N) is 2. The van der Waals surface area contributed by atoms with E-state index in [1.807, 2.05) is 82.6 Å². The number of hydrogen-bond acceptors (Lipinski definition) is 2. The number of hydrogen-bond donors (Lipinski definition) is 0. The van der Waals surface area contributed by atoms with Crippen LogP contribution in [0.25, 0.3) is 0 Å². The maximum absolute atomic E-state index is 14.3. The lowest BCUT2D eigenvalue weighted by molar-refractivity contribution is -0.148. The van der Waals surface area contributed by atoms with Crippen LogP contribution in [0.3, 0.4) is 0 Å². The number of allylic oxidation sites excluding steroid dienone is 2. The third-order valence-electron chi connectivity index (χ3n) is 7.56. The Hall–Kier alpha value is -4.44. The van der Waals surface area contributed by atoms with Crippen LogP contribution in [0.5, 0.6) is 0 Å². The van der Waals surface area contributed by atoms with Gasteiger partial charge in [0, 0.05) is 26.2 Å². The smallest absolute Gasteiger partial charge is 0.227 e. The second-order valence-corrected chi connectivity index (χ2v) is 10.5. The van der Waals surface area contributed by atoms with Crippen LogP contribution in [0.15, 0.2) is 133 Å². The van der Waals surface area contributed by atoms with Gasteiger partial charge in [0.05, 0.1) is 11.8 Å². The maximum atomic E-state index is 14.3. The normalized spacial score (nSPS) is 16.3. The van der Waals surface area contributed by atoms with E-state index in [1.165, 1.54) is 0 Å². The highest BCUT2D eigenvalue weighted by Crippen LogP contribution is 2.31. The molecule has 0 radical (unpaired) electrons. The lowest BCUT2D eigenvalue weighted by Gasteiger charge is -2.35. The summed E-state index contributed by atoms with van der Waals surface area (Å²) < 4.78 is 0. The average Bonchev–Trinajstić information content (AvgIpc) is 3.02. The van der Waals surface area contributed by atoms with Crippen molar-refractivity contribution in [2.45, 2.75) is 39.0 Å². The third kappa shape index (κ3) is 7.15. The molecular formula is C36H36N2O2. The van der Waals surface area contributed by atoms with Crippen molar-refractivity contribution in [3.63, 3.8) is 0 Å². The monoisotopic (exact) mass is 528 g/mol. The van der Waals surface area contributed by atoms with E-state index < -0.39 is 11.8 Å². The first-order chi connectivity index (χ1) is 19.7.